The van der Waals surface area contributed by atoms with Gasteiger partial charge in [-0.3, -0.25) is 4.68 Å². The number of nitrogens with zero attached hydrogens (tertiary/aromatic N) is 2. The maximum atomic E-state index is 4.43. The summed E-state index contributed by atoms with van der Waals surface area (Å²) >= 11 is 0. The fraction of sp³-hybridized carbons (Fsp3) is 0.688. The van der Waals surface area contributed by atoms with Crippen molar-refractivity contribution in [3.8, 4) is 0 Å². The van der Waals surface area contributed by atoms with E-state index in [2.05, 4.69) is 36.5 Å². The molecule has 0 atom stereocenters. The normalized spacial score (nSPS) is 18.2. The fourth-order valence-corrected chi connectivity index (χ4v) is 2.91. The van der Waals surface area contributed by atoms with Crippen LogP contribution in [0.3, 0.4) is 0 Å². The van der Waals surface area contributed by atoms with E-state index in [1.807, 2.05) is 17.9 Å². The van der Waals surface area contributed by atoms with Crippen molar-refractivity contribution in [3.05, 3.63) is 23.5 Å². The quantitative estimate of drug-likeness (QED) is 0.877. The summed E-state index contributed by atoms with van der Waals surface area (Å²) < 4.78 is 2.03. The molecule has 1 saturated carbocycles. The number of aromatic nitrogens is 2. The van der Waals surface area contributed by atoms with E-state index >= 15 is 0 Å². The van der Waals surface area contributed by atoms with Gasteiger partial charge in [0, 0.05) is 24.3 Å². The minimum atomic E-state index is 0.435. The molecule has 1 N–H and O–H groups in total. The SMILES string of the molecule is CNCC(=Cc1cnn(C(C)C)c1)C1CCCCC1. The van der Waals surface area contributed by atoms with Crippen LogP contribution in [0.25, 0.3) is 6.08 Å². The van der Waals surface area contributed by atoms with Gasteiger partial charge in [-0.1, -0.05) is 30.9 Å². The monoisotopic (exact) mass is 261 g/mol. The molecule has 1 heterocycles. The summed E-state index contributed by atoms with van der Waals surface area (Å²) in [5.41, 5.74) is 2.79. The second-order valence-electron chi connectivity index (χ2n) is 5.93. The molecule has 1 aliphatic rings. The van der Waals surface area contributed by atoms with Crippen molar-refractivity contribution in [2.75, 3.05) is 13.6 Å². The molecule has 1 aromatic heterocycles. The number of hydrogen-bond donors (Lipinski definition) is 1. The fourth-order valence-electron chi connectivity index (χ4n) is 2.91. The standard InChI is InChI=1S/C16H27N3/c1-13(2)19-12-14(10-18-19)9-16(11-17-3)15-7-5-4-6-8-15/h9-10,12-13,15,17H,4-8,11H2,1-3H3. The summed E-state index contributed by atoms with van der Waals surface area (Å²) in [6.07, 6.45) is 13.4. The Kier molecular flexibility index (Phi) is 5.20. The Hall–Kier alpha value is -1.09. The molecule has 0 bridgehead atoms. The molecule has 106 valence electrons. The van der Waals surface area contributed by atoms with Crippen LogP contribution in [0.4, 0.5) is 0 Å². The first kappa shape index (κ1) is 14.3. The number of hydrogen-bond acceptors (Lipinski definition) is 2. The Morgan fingerprint density at radius 3 is 2.74 bits per heavy atom. The summed E-state index contributed by atoms with van der Waals surface area (Å²) in [5, 5.41) is 7.75. The van der Waals surface area contributed by atoms with Crippen molar-refractivity contribution >= 4 is 6.08 Å². The average molecular weight is 261 g/mol. The van der Waals surface area contributed by atoms with Crippen LogP contribution < -0.4 is 5.32 Å². The minimum Gasteiger partial charge on any atom is -0.316 e. The Morgan fingerprint density at radius 1 is 1.42 bits per heavy atom. The van der Waals surface area contributed by atoms with Gasteiger partial charge in [-0.2, -0.15) is 5.10 Å². The molecule has 0 spiro atoms. The molecule has 0 unspecified atom stereocenters. The Labute approximate surface area is 117 Å². The van der Waals surface area contributed by atoms with E-state index in [1.165, 1.54) is 37.7 Å². The maximum absolute atomic E-state index is 4.43. The van der Waals surface area contributed by atoms with Crippen molar-refractivity contribution in [1.29, 1.82) is 0 Å². The smallest absolute Gasteiger partial charge is 0.0562 e. The maximum Gasteiger partial charge on any atom is 0.0562 e. The van der Waals surface area contributed by atoms with E-state index in [0.717, 1.165) is 12.5 Å². The molecule has 3 heteroatoms. The van der Waals surface area contributed by atoms with Gasteiger partial charge in [-0.15, -0.1) is 0 Å². The van der Waals surface area contributed by atoms with Crippen molar-refractivity contribution < 1.29 is 0 Å². The number of likely N-dealkylation sites (N-methyl/N-ethyl adjacent to an activating group) is 1. The molecule has 2 rings (SSSR count). The Bertz CT molecular complexity index is 411. The lowest BCUT2D eigenvalue weighted by Crippen LogP contribution is -2.19. The minimum absolute atomic E-state index is 0.435. The van der Waals surface area contributed by atoms with Crippen LogP contribution in [0.15, 0.2) is 18.0 Å². The van der Waals surface area contributed by atoms with Gasteiger partial charge >= 0.3 is 0 Å². The molecule has 3 nitrogen and oxygen atoms in total. The molecular weight excluding hydrogens is 234 g/mol. The highest BCUT2D eigenvalue weighted by atomic mass is 15.3. The Balaban J connectivity index is 2.13. The van der Waals surface area contributed by atoms with E-state index in [1.54, 1.807) is 5.57 Å². The van der Waals surface area contributed by atoms with Gasteiger partial charge in [-0.05, 0) is 39.7 Å². The Morgan fingerprint density at radius 2 is 2.16 bits per heavy atom. The third-order valence-corrected chi connectivity index (χ3v) is 4.01. The topological polar surface area (TPSA) is 29.9 Å². The van der Waals surface area contributed by atoms with E-state index in [0.29, 0.717) is 6.04 Å². The van der Waals surface area contributed by atoms with Crippen molar-refractivity contribution in [3.63, 3.8) is 0 Å². The zero-order valence-corrected chi connectivity index (χ0v) is 12.5. The predicted octanol–water partition coefficient (Wildman–Crippen LogP) is 3.65. The summed E-state index contributed by atoms with van der Waals surface area (Å²) in [6.45, 7) is 5.32. The molecule has 0 radical (unpaired) electrons. The molecular formula is C16H27N3. The molecule has 19 heavy (non-hydrogen) atoms. The second-order valence-corrected chi connectivity index (χ2v) is 5.93. The van der Waals surface area contributed by atoms with E-state index in [4.69, 9.17) is 0 Å². The van der Waals surface area contributed by atoms with Gasteiger partial charge in [-0.25, -0.2) is 0 Å². The van der Waals surface area contributed by atoms with Crippen LogP contribution in [0.1, 0.15) is 57.6 Å². The molecule has 1 aromatic rings. The summed E-state index contributed by atoms with van der Waals surface area (Å²) in [6, 6.07) is 0.435. The lowest BCUT2D eigenvalue weighted by atomic mass is 9.83. The zero-order valence-electron chi connectivity index (χ0n) is 12.5. The van der Waals surface area contributed by atoms with Gasteiger partial charge < -0.3 is 5.32 Å². The predicted molar refractivity (Wildman–Crippen MR) is 81.1 cm³/mol. The van der Waals surface area contributed by atoms with E-state index < -0.39 is 0 Å². The van der Waals surface area contributed by atoms with Gasteiger partial charge in [0.1, 0.15) is 0 Å². The number of nitrogens with one attached hydrogen (secondary N) is 1. The lowest BCUT2D eigenvalue weighted by Gasteiger charge is -2.24. The van der Waals surface area contributed by atoms with Crippen LogP contribution in [0.2, 0.25) is 0 Å². The second kappa shape index (κ2) is 6.90. The van der Waals surface area contributed by atoms with E-state index in [-0.39, 0.29) is 0 Å². The van der Waals surface area contributed by atoms with Gasteiger partial charge in [0.25, 0.3) is 0 Å². The van der Waals surface area contributed by atoms with E-state index in [9.17, 15) is 0 Å². The molecule has 0 aromatic carbocycles. The molecule has 0 amide bonds. The summed E-state index contributed by atoms with van der Waals surface area (Å²) in [5.74, 6) is 0.767. The van der Waals surface area contributed by atoms with Crippen molar-refractivity contribution in [2.45, 2.75) is 52.0 Å². The third kappa shape index (κ3) is 3.93. The van der Waals surface area contributed by atoms with Crippen molar-refractivity contribution in [1.82, 2.24) is 15.1 Å². The summed E-state index contributed by atoms with van der Waals surface area (Å²) in [7, 11) is 2.04. The first-order valence-corrected chi connectivity index (χ1v) is 7.60. The molecule has 1 fully saturated rings. The zero-order chi connectivity index (χ0) is 13.7. The van der Waals surface area contributed by atoms with Crippen molar-refractivity contribution in [2.24, 2.45) is 5.92 Å². The molecule has 0 aliphatic heterocycles. The van der Waals surface area contributed by atoms with Crippen LogP contribution in [-0.4, -0.2) is 23.4 Å². The molecule has 1 aliphatic carbocycles. The van der Waals surface area contributed by atoms with Crippen LogP contribution >= 0.6 is 0 Å². The van der Waals surface area contributed by atoms with Gasteiger partial charge in [0.2, 0.25) is 0 Å². The highest BCUT2D eigenvalue weighted by Crippen LogP contribution is 2.30. The third-order valence-electron chi connectivity index (χ3n) is 4.01. The first-order chi connectivity index (χ1) is 9.20. The average Bonchev–Trinajstić information content (AvgIpc) is 2.88. The van der Waals surface area contributed by atoms with Crippen LogP contribution in [-0.2, 0) is 0 Å². The van der Waals surface area contributed by atoms with Crippen LogP contribution in [0, 0.1) is 5.92 Å². The van der Waals surface area contributed by atoms with Gasteiger partial charge in [0.15, 0.2) is 0 Å². The lowest BCUT2D eigenvalue weighted by molar-refractivity contribution is 0.398. The number of rotatable bonds is 5. The largest absolute Gasteiger partial charge is 0.316 e. The highest BCUT2D eigenvalue weighted by Gasteiger charge is 2.17. The van der Waals surface area contributed by atoms with Crippen LogP contribution in [0.5, 0.6) is 0 Å². The highest BCUT2D eigenvalue weighted by molar-refractivity contribution is 5.52. The van der Waals surface area contributed by atoms with Gasteiger partial charge in [0.05, 0.1) is 6.20 Å². The molecule has 0 saturated heterocycles. The summed E-state index contributed by atoms with van der Waals surface area (Å²) in [4.78, 5) is 0. The first-order valence-electron chi connectivity index (χ1n) is 7.60.